The maximum atomic E-state index is 9.18. The van der Waals surface area contributed by atoms with Crippen LogP contribution in [-0.4, -0.2) is 26.2 Å². The Kier molecular flexibility index (Phi) is 2.48. The number of nitrogens with zero attached hydrogens (tertiary/aromatic N) is 3. The number of fused-ring (bicyclic) bond motifs is 1. The average Bonchev–Trinajstić information content (AvgIpc) is 2.94. The van der Waals surface area contributed by atoms with Gasteiger partial charge in [-0.25, -0.2) is 9.97 Å². The SMILES string of the molecule is Nc1ncnc2c1ccn2[C@H]1CC[C@@H](CO)C1. The van der Waals surface area contributed by atoms with Gasteiger partial charge in [-0.1, -0.05) is 0 Å². The Balaban J connectivity index is 1.99. The van der Waals surface area contributed by atoms with E-state index in [1.54, 1.807) is 0 Å². The smallest absolute Gasteiger partial charge is 0.145 e. The van der Waals surface area contributed by atoms with E-state index in [-0.39, 0.29) is 6.61 Å². The summed E-state index contributed by atoms with van der Waals surface area (Å²) < 4.78 is 2.17. The third kappa shape index (κ3) is 1.67. The maximum Gasteiger partial charge on any atom is 0.145 e. The van der Waals surface area contributed by atoms with Crippen LogP contribution < -0.4 is 5.73 Å². The second kappa shape index (κ2) is 4.00. The zero-order valence-electron chi connectivity index (χ0n) is 9.58. The van der Waals surface area contributed by atoms with E-state index in [1.165, 1.54) is 6.33 Å². The van der Waals surface area contributed by atoms with E-state index in [1.807, 2.05) is 12.3 Å². The van der Waals surface area contributed by atoms with Crippen LogP contribution in [0.2, 0.25) is 0 Å². The van der Waals surface area contributed by atoms with Crippen molar-refractivity contribution in [2.75, 3.05) is 12.3 Å². The van der Waals surface area contributed by atoms with Crippen molar-refractivity contribution in [1.82, 2.24) is 14.5 Å². The van der Waals surface area contributed by atoms with Gasteiger partial charge in [0.1, 0.15) is 17.8 Å². The molecule has 0 aliphatic heterocycles. The molecule has 2 aromatic heterocycles. The van der Waals surface area contributed by atoms with Gasteiger partial charge in [-0.2, -0.15) is 0 Å². The van der Waals surface area contributed by atoms with Crippen LogP contribution in [0.3, 0.4) is 0 Å². The van der Waals surface area contributed by atoms with E-state index in [2.05, 4.69) is 14.5 Å². The minimum absolute atomic E-state index is 0.285. The molecule has 2 aromatic rings. The Labute approximate surface area is 99.3 Å². The van der Waals surface area contributed by atoms with Crippen LogP contribution in [0.25, 0.3) is 11.0 Å². The predicted molar refractivity (Wildman–Crippen MR) is 65.4 cm³/mol. The quantitative estimate of drug-likeness (QED) is 0.819. The molecule has 1 aliphatic rings. The van der Waals surface area contributed by atoms with Gasteiger partial charge in [-0.05, 0) is 31.2 Å². The van der Waals surface area contributed by atoms with Crippen LogP contribution in [-0.2, 0) is 0 Å². The van der Waals surface area contributed by atoms with Gasteiger partial charge in [-0.15, -0.1) is 0 Å². The lowest BCUT2D eigenvalue weighted by atomic mass is 10.1. The summed E-state index contributed by atoms with van der Waals surface area (Å²) in [5, 5.41) is 10.1. The van der Waals surface area contributed by atoms with Crippen LogP contribution in [0.5, 0.6) is 0 Å². The molecule has 1 saturated carbocycles. The highest BCUT2D eigenvalue weighted by Crippen LogP contribution is 2.36. The van der Waals surface area contributed by atoms with Gasteiger partial charge < -0.3 is 15.4 Å². The van der Waals surface area contributed by atoms with Crippen molar-refractivity contribution in [2.24, 2.45) is 5.92 Å². The molecule has 3 N–H and O–H groups in total. The Bertz CT molecular complexity index is 536. The molecule has 0 spiro atoms. The van der Waals surface area contributed by atoms with Gasteiger partial charge in [0, 0.05) is 18.8 Å². The summed E-state index contributed by atoms with van der Waals surface area (Å²) in [7, 11) is 0. The van der Waals surface area contributed by atoms with Crippen LogP contribution in [0, 0.1) is 5.92 Å². The number of aliphatic hydroxyl groups excluding tert-OH is 1. The molecule has 0 radical (unpaired) electrons. The average molecular weight is 232 g/mol. The molecule has 2 atom stereocenters. The normalized spacial score (nSPS) is 24.5. The molecule has 3 rings (SSSR count). The fourth-order valence-electron chi connectivity index (χ4n) is 2.75. The highest BCUT2D eigenvalue weighted by Gasteiger charge is 2.26. The second-order valence-electron chi connectivity index (χ2n) is 4.73. The molecule has 5 nitrogen and oxygen atoms in total. The highest BCUT2D eigenvalue weighted by atomic mass is 16.3. The maximum absolute atomic E-state index is 9.18. The number of anilines is 1. The van der Waals surface area contributed by atoms with Crippen molar-refractivity contribution in [3.63, 3.8) is 0 Å². The topological polar surface area (TPSA) is 77.0 Å². The first-order valence-corrected chi connectivity index (χ1v) is 5.97. The molecular weight excluding hydrogens is 216 g/mol. The largest absolute Gasteiger partial charge is 0.396 e. The van der Waals surface area contributed by atoms with Crippen LogP contribution in [0.4, 0.5) is 5.82 Å². The Morgan fingerprint density at radius 3 is 3.06 bits per heavy atom. The van der Waals surface area contributed by atoms with E-state index in [9.17, 15) is 5.11 Å². The molecule has 0 saturated heterocycles. The molecule has 1 aliphatic carbocycles. The molecule has 0 unspecified atom stereocenters. The summed E-state index contributed by atoms with van der Waals surface area (Å²) in [5.74, 6) is 0.960. The summed E-state index contributed by atoms with van der Waals surface area (Å²) in [6.07, 6.45) is 6.73. The Morgan fingerprint density at radius 1 is 1.41 bits per heavy atom. The fraction of sp³-hybridized carbons (Fsp3) is 0.500. The summed E-state index contributed by atoms with van der Waals surface area (Å²) >= 11 is 0. The minimum Gasteiger partial charge on any atom is -0.396 e. The molecule has 0 amide bonds. The third-order valence-corrected chi connectivity index (χ3v) is 3.71. The first-order chi connectivity index (χ1) is 8.29. The van der Waals surface area contributed by atoms with Gasteiger partial charge >= 0.3 is 0 Å². The lowest BCUT2D eigenvalue weighted by molar-refractivity contribution is 0.226. The van der Waals surface area contributed by atoms with E-state index >= 15 is 0 Å². The van der Waals surface area contributed by atoms with Gasteiger partial charge in [0.05, 0.1) is 5.39 Å². The molecule has 90 valence electrons. The minimum atomic E-state index is 0.285. The van der Waals surface area contributed by atoms with Crippen molar-refractivity contribution in [3.8, 4) is 0 Å². The third-order valence-electron chi connectivity index (χ3n) is 3.71. The van der Waals surface area contributed by atoms with Crippen molar-refractivity contribution >= 4 is 16.9 Å². The predicted octanol–water partition coefficient (Wildman–Crippen LogP) is 1.35. The molecule has 17 heavy (non-hydrogen) atoms. The summed E-state index contributed by atoms with van der Waals surface area (Å²) in [5.41, 5.74) is 6.72. The summed E-state index contributed by atoms with van der Waals surface area (Å²) in [6.45, 7) is 0.285. The monoisotopic (exact) mass is 232 g/mol. The number of hydrogen-bond donors (Lipinski definition) is 2. The van der Waals surface area contributed by atoms with Crippen LogP contribution >= 0.6 is 0 Å². The standard InChI is InChI=1S/C12H16N4O/c13-11-10-3-4-16(12(10)15-7-14-11)9-2-1-8(5-9)6-17/h3-4,7-9,17H,1-2,5-6H2,(H2,13,14,15)/t8-,9+/m1/s1. The number of nitrogen functional groups attached to an aromatic ring is 1. The van der Waals surface area contributed by atoms with Gasteiger partial charge in [0.2, 0.25) is 0 Å². The van der Waals surface area contributed by atoms with Crippen LogP contribution in [0.1, 0.15) is 25.3 Å². The van der Waals surface area contributed by atoms with Crippen molar-refractivity contribution < 1.29 is 5.11 Å². The van der Waals surface area contributed by atoms with Crippen molar-refractivity contribution in [1.29, 1.82) is 0 Å². The fourth-order valence-corrected chi connectivity index (χ4v) is 2.75. The summed E-state index contributed by atoms with van der Waals surface area (Å²) in [6, 6.07) is 2.40. The number of aromatic nitrogens is 3. The van der Waals surface area contributed by atoms with Crippen molar-refractivity contribution in [2.45, 2.75) is 25.3 Å². The number of nitrogens with two attached hydrogens (primary N) is 1. The first-order valence-electron chi connectivity index (χ1n) is 5.97. The molecule has 1 fully saturated rings. The Hall–Kier alpha value is -1.62. The van der Waals surface area contributed by atoms with Gasteiger partial charge in [0.15, 0.2) is 0 Å². The van der Waals surface area contributed by atoms with E-state index in [0.29, 0.717) is 17.8 Å². The number of hydrogen-bond acceptors (Lipinski definition) is 4. The van der Waals surface area contributed by atoms with E-state index in [4.69, 9.17) is 5.73 Å². The summed E-state index contributed by atoms with van der Waals surface area (Å²) in [4.78, 5) is 8.30. The van der Waals surface area contributed by atoms with Crippen LogP contribution in [0.15, 0.2) is 18.6 Å². The van der Waals surface area contributed by atoms with Gasteiger partial charge in [-0.3, -0.25) is 0 Å². The molecule has 5 heteroatoms. The first kappa shape index (κ1) is 10.5. The van der Waals surface area contributed by atoms with Gasteiger partial charge in [0.25, 0.3) is 0 Å². The molecular formula is C12H16N4O. The lowest BCUT2D eigenvalue weighted by Gasteiger charge is -2.13. The van der Waals surface area contributed by atoms with Crippen molar-refractivity contribution in [3.05, 3.63) is 18.6 Å². The number of rotatable bonds is 2. The molecule has 0 bridgehead atoms. The Morgan fingerprint density at radius 2 is 2.29 bits per heavy atom. The van der Waals surface area contributed by atoms with E-state index < -0.39 is 0 Å². The molecule has 0 aromatic carbocycles. The molecule has 2 heterocycles. The highest BCUT2D eigenvalue weighted by molar-refractivity contribution is 5.86. The lowest BCUT2D eigenvalue weighted by Crippen LogP contribution is -2.07. The second-order valence-corrected chi connectivity index (χ2v) is 4.73. The zero-order chi connectivity index (χ0) is 11.8. The number of aliphatic hydroxyl groups is 1. The zero-order valence-corrected chi connectivity index (χ0v) is 9.58. The van der Waals surface area contributed by atoms with E-state index in [0.717, 1.165) is 30.3 Å².